The number of oxime groups is 1. The van der Waals surface area contributed by atoms with Crippen LogP contribution in [0.5, 0.6) is 0 Å². The molecule has 3 aliphatic rings. The lowest BCUT2D eigenvalue weighted by atomic mass is 10.0. The fourth-order valence-electron chi connectivity index (χ4n) is 3.48. The molecule has 140 valence electrons. The van der Waals surface area contributed by atoms with Crippen LogP contribution in [0.3, 0.4) is 0 Å². The predicted molar refractivity (Wildman–Crippen MR) is 91.3 cm³/mol. The van der Waals surface area contributed by atoms with E-state index in [1.165, 1.54) is 6.92 Å². The zero-order valence-corrected chi connectivity index (χ0v) is 15.1. The predicted octanol–water partition coefficient (Wildman–Crippen LogP) is 2.18. The van der Waals surface area contributed by atoms with Crippen LogP contribution in [0.15, 0.2) is 35.5 Å². The summed E-state index contributed by atoms with van der Waals surface area (Å²) in [6.45, 7) is 5.61. The van der Waals surface area contributed by atoms with Gasteiger partial charge >= 0.3 is 0 Å². The van der Waals surface area contributed by atoms with Gasteiger partial charge in [-0.1, -0.05) is 35.5 Å². The molecule has 0 aliphatic carbocycles. The van der Waals surface area contributed by atoms with Gasteiger partial charge < -0.3 is 23.8 Å². The van der Waals surface area contributed by atoms with Gasteiger partial charge in [0.05, 0.1) is 12.3 Å². The average Bonchev–Trinajstić information content (AvgIpc) is 3.26. The first-order chi connectivity index (χ1) is 12.4. The fraction of sp³-hybridized carbons (Fsp3) is 0.579. The van der Waals surface area contributed by atoms with E-state index in [-0.39, 0.29) is 11.9 Å². The van der Waals surface area contributed by atoms with E-state index >= 15 is 0 Å². The Kier molecular flexibility index (Phi) is 4.56. The van der Waals surface area contributed by atoms with E-state index in [2.05, 4.69) is 5.16 Å². The van der Waals surface area contributed by atoms with Crippen molar-refractivity contribution < 1.29 is 28.6 Å². The zero-order valence-electron chi connectivity index (χ0n) is 15.1. The second kappa shape index (κ2) is 6.74. The summed E-state index contributed by atoms with van der Waals surface area (Å²) in [6, 6.07) is 9.90. The molecule has 3 heterocycles. The third-order valence-electron chi connectivity index (χ3n) is 4.75. The van der Waals surface area contributed by atoms with Crippen LogP contribution in [-0.4, -0.2) is 48.0 Å². The molecule has 1 aromatic carbocycles. The highest BCUT2D eigenvalue weighted by Crippen LogP contribution is 2.40. The Morgan fingerprint density at radius 1 is 1.27 bits per heavy atom. The molecular weight excluding hydrogens is 338 g/mol. The summed E-state index contributed by atoms with van der Waals surface area (Å²) in [5.74, 6) is -0.790. The van der Waals surface area contributed by atoms with E-state index in [1.54, 1.807) is 0 Å². The van der Waals surface area contributed by atoms with Gasteiger partial charge in [-0.3, -0.25) is 4.79 Å². The number of ether oxygens (including phenoxy) is 4. The molecule has 1 aromatic rings. The van der Waals surface area contributed by atoms with Crippen molar-refractivity contribution >= 4 is 11.5 Å². The molecule has 7 heteroatoms. The van der Waals surface area contributed by atoms with Crippen molar-refractivity contribution in [2.75, 3.05) is 0 Å². The van der Waals surface area contributed by atoms with E-state index < -0.39 is 30.4 Å². The Balaban J connectivity index is 1.50. The number of Topliss-reactive ketones (excluding diaryl/α,β-unsaturated/α-hetero) is 1. The van der Waals surface area contributed by atoms with Gasteiger partial charge in [0, 0.05) is 6.42 Å². The molecule has 3 aliphatic heterocycles. The van der Waals surface area contributed by atoms with Crippen LogP contribution in [0.25, 0.3) is 0 Å². The Labute approximate surface area is 152 Å². The molecule has 0 aromatic heterocycles. The van der Waals surface area contributed by atoms with E-state index in [9.17, 15) is 4.79 Å². The number of fused-ring (bicyclic) bond motifs is 1. The minimum atomic E-state index is -0.732. The SMILES string of the molecule is CC(=O)C1CC([C@H]2O[C@@H]3OC(C)(C)O[C@@H]3[C@H]2OCc2ccccc2)=NO1. The number of hydrogen-bond acceptors (Lipinski definition) is 7. The maximum atomic E-state index is 11.6. The normalized spacial score (nSPS) is 35.0. The summed E-state index contributed by atoms with van der Waals surface area (Å²) in [5, 5.41) is 4.07. The summed E-state index contributed by atoms with van der Waals surface area (Å²) in [4.78, 5) is 16.8. The van der Waals surface area contributed by atoms with Crippen LogP contribution in [-0.2, 0) is 35.2 Å². The Morgan fingerprint density at radius 3 is 2.73 bits per heavy atom. The zero-order chi connectivity index (χ0) is 18.3. The van der Waals surface area contributed by atoms with Gasteiger partial charge in [0.1, 0.15) is 18.3 Å². The van der Waals surface area contributed by atoms with Crippen LogP contribution < -0.4 is 0 Å². The standard InChI is InChI=1S/C19H23NO6/c1-11(21)14-9-13(20-26-14)15-16(22-10-12-7-5-4-6-8-12)17-18(23-15)25-19(2,3)24-17/h4-8,14-18H,9-10H2,1-3H3/t14?,15-,16+,17-,18-/m1/s1. The highest BCUT2D eigenvalue weighted by Gasteiger charge is 2.57. The molecule has 4 rings (SSSR count). The van der Waals surface area contributed by atoms with Gasteiger partial charge in [-0.05, 0) is 26.3 Å². The largest absolute Gasteiger partial charge is 0.384 e. The van der Waals surface area contributed by atoms with E-state index in [1.807, 2.05) is 44.2 Å². The number of hydrogen-bond donors (Lipinski definition) is 0. The smallest absolute Gasteiger partial charge is 0.190 e. The minimum Gasteiger partial charge on any atom is -0.384 e. The fourth-order valence-corrected chi connectivity index (χ4v) is 3.48. The van der Waals surface area contributed by atoms with Crippen molar-refractivity contribution in [3.8, 4) is 0 Å². The van der Waals surface area contributed by atoms with Gasteiger partial charge in [0.2, 0.25) is 0 Å². The van der Waals surface area contributed by atoms with Crippen molar-refractivity contribution in [3.05, 3.63) is 35.9 Å². The van der Waals surface area contributed by atoms with Gasteiger partial charge in [-0.15, -0.1) is 0 Å². The lowest BCUT2D eigenvalue weighted by molar-refractivity contribution is -0.210. The summed E-state index contributed by atoms with van der Waals surface area (Å²) in [5.41, 5.74) is 1.71. The van der Waals surface area contributed by atoms with Crippen LogP contribution in [0, 0.1) is 0 Å². The van der Waals surface area contributed by atoms with E-state index in [0.29, 0.717) is 18.7 Å². The van der Waals surface area contributed by atoms with Gasteiger partial charge in [-0.25, -0.2) is 0 Å². The van der Waals surface area contributed by atoms with Crippen molar-refractivity contribution in [1.82, 2.24) is 0 Å². The summed E-state index contributed by atoms with van der Waals surface area (Å²) < 4.78 is 24.0. The van der Waals surface area contributed by atoms with Crippen molar-refractivity contribution in [2.24, 2.45) is 5.16 Å². The second-order valence-corrected chi connectivity index (χ2v) is 7.28. The minimum absolute atomic E-state index is 0.0580. The molecule has 0 spiro atoms. The molecule has 0 N–H and O–H groups in total. The molecular formula is C19H23NO6. The van der Waals surface area contributed by atoms with Crippen LogP contribution in [0.4, 0.5) is 0 Å². The van der Waals surface area contributed by atoms with Gasteiger partial charge in [0.25, 0.3) is 0 Å². The average molecular weight is 361 g/mol. The Hall–Kier alpha value is -1.80. The molecule has 0 amide bonds. The topological polar surface area (TPSA) is 75.6 Å². The molecule has 2 fully saturated rings. The first-order valence-corrected chi connectivity index (χ1v) is 8.82. The van der Waals surface area contributed by atoms with Crippen molar-refractivity contribution in [3.63, 3.8) is 0 Å². The number of carbonyl (C=O) groups excluding carboxylic acids is 1. The molecule has 5 atom stereocenters. The maximum Gasteiger partial charge on any atom is 0.190 e. The highest BCUT2D eigenvalue weighted by atomic mass is 16.8. The Morgan fingerprint density at radius 2 is 2.04 bits per heavy atom. The van der Waals surface area contributed by atoms with Gasteiger partial charge in [-0.2, -0.15) is 0 Å². The summed E-state index contributed by atoms with van der Waals surface area (Å²) in [6.07, 6.45) is -1.91. The number of ketones is 1. The van der Waals surface area contributed by atoms with Crippen molar-refractivity contribution in [1.29, 1.82) is 0 Å². The first-order valence-electron chi connectivity index (χ1n) is 8.82. The maximum absolute atomic E-state index is 11.6. The highest BCUT2D eigenvalue weighted by molar-refractivity contribution is 5.96. The number of rotatable bonds is 5. The molecule has 7 nitrogen and oxygen atoms in total. The molecule has 26 heavy (non-hydrogen) atoms. The quantitative estimate of drug-likeness (QED) is 0.800. The second-order valence-electron chi connectivity index (χ2n) is 7.28. The van der Waals surface area contributed by atoms with Gasteiger partial charge in [0.15, 0.2) is 24.0 Å². The summed E-state index contributed by atoms with van der Waals surface area (Å²) >= 11 is 0. The number of carbonyl (C=O) groups is 1. The first kappa shape index (κ1) is 17.6. The lowest BCUT2D eigenvalue weighted by Gasteiger charge is -2.25. The molecule has 0 saturated carbocycles. The van der Waals surface area contributed by atoms with Crippen LogP contribution in [0.1, 0.15) is 32.8 Å². The molecule has 0 bridgehead atoms. The Bertz CT molecular complexity index is 703. The van der Waals surface area contributed by atoms with E-state index in [0.717, 1.165) is 5.56 Å². The third-order valence-corrected chi connectivity index (χ3v) is 4.75. The molecule has 0 radical (unpaired) electrons. The van der Waals surface area contributed by atoms with Crippen LogP contribution in [0.2, 0.25) is 0 Å². The molecule has 2 saturated heterocycles. The third kappa shape index (κ3) is 3.40. The number of benzene rings is 1. The monoisotopic (exact) mass is 361 g/mol. The lowest BCUT2D eigenvalue weighted by Crippen LogP contribution is -2.40. The van der Waals surface area contributed by atoms with Crippen LogP contribution >= 0.6 is 0 Å². The summed E-state index contributed by atoms with van der Waals surface area (Å²) in [7, 11) is 0. The van der Waals surface area contributed by atoms with E-state index in [4.69, 9.17) is 23.8 Å². The molecule has 1 unspecified atom stereocenters. The number of nitrogens with zero attached hydrogens (tertiary/aromatic N) is 1. The van der Waals surface area contributed by atoms with Crippen molar-refractivity contribution in [2.45, 2.75) is 70.3 Å².